The summed E-state index contributed by atoms with van der Waals surface area (Å²) in [5.41, 5.74) is 5.52. The van der Waals surface area contributed by atoms with Gasteiger partial charge < -0.3 is 112 Å². The first kappa shape index (κ1) is 90.6. The van der Waals surface area contributed by atoms with Crippen molar-refractivity contribution < 1.29 is 102 Å². The Morgan fingerprint density at radius 2 is 0.647 bits per heavy atom. The molecule has 1 unspecified atom stereocenters. The van der Waals surface area contributed by atoms with Crippen molar-refractivity contribution >= 4 is 47.3 Å². The van der Waals surface area contributed by atoms with Crippen molar-refractivity contribution in [3.05, 3.63) is 165 Å². The highest BCUT2D eigenvalue weighted by Gasteiger charge is 2.30. The molecule has 1 atom stereocenters. The van der Waals surface area contributed by atoms with E-state index in [0.29, 0.717) is 78.5 Å². The second-order valence-electron chi connectivity index (χ2n) is 27.5. The number of methoxy groups -OCH3 is 1. The zero-order chi connectivity index (χ0) is 83.0. The van der Waals surface area contributed by atoms with Crippen molar-refractivity contribution in [2.24, 2.45) is 5.73 Å². The average Bonchev–Trinajstić information content (AvgIpc) is 0.809. The molecule has 6 aromatic carbocycles. The van der Waals surface area contributed by atoms with Crippen molar-refractivity contribution in [3.8, 4) is 46.0 Å². The number of rotatable bonds is 30. The highest BCUT2D eigenvalue weighted by atomic mass is 16.5. The summed E-state index contributed by atoms with van der Waals surface area (Å²) in [4.78, 5) is 121. The summed E-state index contributed by atoms with van der Waals surface area (Å²) >= 11 is 0. The summed E-state index contributed by atoms with van der Waals surface area (Å²) in [5.74, 6) is -11.1. The smallest absolute Gasteiger partial charge is 0.255 e. The van der Waals surface area contributed by atoms with Crippen LogP contribution in [0.3, 0.4) is 0 Å². The second-order valence-corrected chi connectivity index (χ2v) is 27.5. The fourth-order valence-electron chi connectivity index (χ4n) is 12.7. The Morgan fingerprint density at radius 3 is 0.991 bits per heavy atom. The minimum Gasteiger partial charge on any atom is -0.504 e. The highest BCUT2D eigenvalue weighted by Crippen LogP contribution is 2.39. The van der Waals surface area contributed by atoms with Gasteiger partial charge in [-0.25, -0.2) is 0 Å². The number of aromatic hydroxyl groups is 6. The van der Waals surface area contributed by atoms with Gasteiger partial charge in [0.25, 0.3) is 47.3 Å². The molecule has 16 N–H and O–H groups in total. The largest absolute Gasteiger partial charge is 0.504 e. The van der Waals surface area contributed by atoms with Gasteiger partial charge in [-0.15, -0.1) is 0 Å². The molecule has 0 radical (unpaired) electrons. The van der Waals surface area contributed by atoms with Crippen molar-refractivity contribution in [2.45, 2.75) is 51.9 Å². The second kappa shape index (κ2) is 49.1. The summed E-state index contributed by atoms with van der Waals surface area (Å²) in [6.07, 6.45) is 2.19. The van der Waals surface area contributed by atoms with Gasteiger partial charge in [-0.05, 0) is 85.5 Å². The number of hydrogen-bond donors (Lipinski definition) is 15. The molecule has 0 aliphatic carbocycles. The van der Waals surface area contributed by atoms with E-state index in [2.05, 4.69) is 42.5 Å². The zero-order valence-corrected chi connectivity index (χ0v) is 65.9. The number of nitrogens with zero attached hydrogens (tertiary/aromatic N) is 4. The molecule has 630 valence electrons. The molecule has 34 nitrogen and oxygen atoms in total. The van der Waals surface area contributed by atoms with E-state index in [1.165, 1.54) is 48.5 Å². The molecular weight excluding hydrogens is 1500 g/mol. The van der Waals surface area contributed by atoms with Crippen molar-refractivity contribution in [2.75, 3.05) is 197 Å². The van der Waals surface area contributed by atoms with Gasteiger partial charge in [0.05, 0.1) is 97.4 Å². The van der Waals surface area contributed by atoms with E-state index in [0.717, 1.165) is 17.5 Å². The third kappa shape index (κ3) is 28.5. The van der Waals surface area contributed by atoms with Crippen LogP contribution in [0.5, 0.6) is 46.0 Å². The molecule has 0 saturated carbocycles. The van der Waals surface area contributed by atoms with Crippen LogP contribution in [0, 0.1) is 0 Å². The van der Waals surface area contributed by atoms with Gasteiger partial charge in [0.1, 0.15) is 13.2 Å². The molecular formula is C82H111N13O21. The summed E-state index contributed by atoms with van der Waals surface area (Å²) in [5, 5.41) is 90.7. The lowest BCUT2D eigenvalue weighted by molar-refractivity contribution is 0.0196. The van der Waals surface area contributed by atoms with Crippen LogP contribution < -0.4 is 57.7 Å². The molecule has 8 aliphatic rings. The Morgan fingerprint density at radius 1 is 0.353 bits per heavy atom. The standard InChI is InChI=1S/C82H111N13O21/c1-3-44-111-49-50-112-45-42-93-35-28-86-77(104)61-19-17-59(67(96)69(61)98)75(102)84-26-33-92(34-27-85-76(103)60-18-20-62(70(99)68(60)97)78(105)87-29-36-93)40-41-95-39-32-90-81(108)66-24-23-65(73(115-54-56-12-6-4-7-13-56)74(66)116-55-57-14-8-5-9-15-57)80(107)89-31-38-94(43-46-113-51-52-114-48-47-110-2)37-30-88-79(106)63-21-22-64(72(101)71(63)100)82(109)91-58(53-95)16-10-11-25-83/h4-9,12-15,17-24,58,96-101H,3,10-11,16,25-55,83H2,1-2H3,(H,84,102)(H,85,103)(H,86,104)(H,87,105)(H,88,106)(H,89,107)(H,90,108)(H,91,109). The Labute approximate surface area is 674 Å². The van der Waals surface area contributed by atoms with E-state index in [1.54, 1.807) is 7.11 Å². The van der Waals surface area contributed by atoms with E-state index in [9.17, 15) is 64.2 Å². The first-order valence-corrected chi connectivity index (χ1v) is 39.1. The number of carbonyl (C=O) groups is 8. The topological polar surface area (TPSA) is 458 Å². The van der Waals surface area contributed by atoms with Gasteiger partial charge in [0.2, 0.25) is 0 Å². The van der Waals surface area contributed by atoms with Gasteiger partial charge in [-0.2, -0.15) is 0 Å². The van der Waals surface area contributed by atoms with Crippen LogP contribution in [0.2, 0.25) is 0 Å². The van der Waals surface area contributed by atoms with E-state index in [-0.39, 0.29) is 200 Å². The first-order chi connectivity index (χ1) is 56.3. The molecule has 116 heavy (non-hydrogen) atoms. The molecule has 0 aromatic heterocycles. The van der Waals surface area contributed by atoms with Crippen LogP contribution in [0.25, 0.3) is 0 Å². The third-order valence-corrected chi connectivity index (χ3v) is 19.2. The number of phenols is 6. The first-order valence-electron chi connectivity index (χ1n) is 39.1. The van der Waals surface area contributed by atoms with Gasteiger partial charge in [0.15, 0.2) is 46.0 Å². The van der Waals surface area contributed by atoms with Gasteiger partial charge in [0, 0.05) is 144 Å². The van der Waals surface area contributed by atoms with E-state index < -0.39 is 87.8 Å². The molecule has 8 heterocycles. The number of hydrogen-bond acceptors (Lipinski definition) is 26. The van der Waals surface area contributed by atoms with Crippen LogP contribution >= 0.6 is 0 Å². The van der Waals surface area contributed by atoms with Crippen LogP contribution in [-0.4, -0.2) is 301 Å². The van der Waals surface area contributed by atoms with Crippen LogP contribution in [-0.2, 0) is 36.9 Å². The summed E-state index contributed by atoms with van der Waals surface area (Å²) in [7, 11) is 1.57. The van der Waals surface area contributed by atoms with E-state index in [1.807, 2.05) is 87.2 Å². The lowest BCUT2D eigenvalue weighted by atomic mass is 10.0. The predicted octanol–water partition coefficient (Wildman–Crippen LogP) is 2.87. The summed E-state index contributed by atoms with van der Waals surface area (Å²) < 4.78 is 40.9. The number of nitrogens with two attached hydrogens (primary N) is 1. The molecule has 0 fully saturated rings. The van der Waals surface area contributed by atoms with Crippen LogP contribution in [0.1, 0.15) is 127 Å². The number of carbonyl (C=O) groups excluding carboxylic acids is 8. The lowest BCUT2D eigenvalue weighted by Gasteiger charge is -2.31. The van der Waals surface area contributed by atoms with Gasteiger partial charge >= 0.3 is 0 Å². The maximum Gasteiger partial charge on any atom is 0.255 e. The number of unbranched alkanes of at least 4 members (excludes halogenated alkanes) is 1. The fourth-order valence-corrected chi connectivity index (χ4v) is 12.7. The number of nitrogens with one attached hydrogen (secondary N) is 8. The molecule has 6 aromatic rings. The van der Waals surface area contributed by atoms with Crippen molar-refractivity contribution in [1.82, 2.24) is 62.1 Å². The molecule has 8 aliphatic heterocycles. The third-order valence-electron chi connectivity index (χ3n) is 19.2. The minimum absolute atomic E-state index is 0.0114. The minimum atomic E-state index is -0.862. The highest BCUT2D eigenvalue weighted by molar-refractivity contribution is 6.06. The van der Waals surface area contributed by atoms with Crippen molar-refractivity contribution in [1.29, 1.82) is 0 Å². The molecule has 8 bridgehead atoms. The number of benzene rings is 6. The molecule has 8 amide bonds. The van der Waals surface area contributed by atoms with Gasteiger partial charge in [-0.3, -0.25) is 58.0 Å². The fraction of sp³-hybridized carbons (Fsp3) is 0.463. The monoisotopic (exact) mass is 1610 g/mol. The van der Waals surface area contributed by atoms with Crippen molar-refractivity contribution in [3.63, 3.8) is 0 Å². The Balaban J connectivity index is 1.10. The zero-order valence-electron chi connectivity index (χ0n) is 65.9. The molecule has 14 rings (SSSR count). The van der Waals surface area contributed by atoms with Crippen LogP contribution in [0.4, 0.5) is 0 Å². The lowest BCUT2D eigenvalue weighted by Crippen LogP contribution is -2.49. The summed E-state index contributed by atoms with van der Waals surface area (Å²) in [6, 6.07) is 27.8. The van der Waals surface area contributed by atoms with Crippen LogP contribution in [0.15, 0.2) is 109 Å². The number of amides is 8. The van der Waals surface area contributed by atoms with E-state index >= 15 is 4.79 Å². The van der Waals surface area contributed by atoms with Gasteiger partial charge in [-0.1, -0.05) is 74.0 Å². The molecule has 0 spiro atoms. The Bertz CT molecular complexity index is 4070. The molecule has 0 saturated heterocycles. The summed E-state index contributed by atoms with van der Waals surface area (Å²) in [6.45, 7) is 7.25. The maximum absolute atomic E-state index is 15.1. The Kier molecular flexibility index (Phi) is 38.4. The predicted molar refractivity (Wildman–Crippen MR) is 429 cm³/mol. The maximum atomic E-state index is 15.1. The number of ether oxygens (including phenoxy) is 7. The SMILES string of the molecule is CCCOCCOCCN1CCNC(=O)c2ccc(c(O)c2O)C(=O)NCCN(CCN2CCNC(=O)c3ccc(c(OCc4ccccc4)c3OCc3ccccc3)C(=O)NCCN(CCOCCOCCOC)CCNC(=O)c3ccc(c(O)c3O)C(=O)NC(CCCCN)C2)CCNC(=O)c2ccc(c(O)c2O)C(=O)NCC1. The number of phenolic OH excluding ortho intramolecular Hbond substituents is 6. The Hall–Kier alpha value is -10.9. The molecule has 34 heteroatoms. The van der Waals surface area contributed by atoms with E-state index in [4.69, 9.17) is 38.9 Å². The average molecular weight is 1610 g/mol. The quantitative estimate of drug-likeness (QED) is 0.0228. The normalized spacial score (nSPS) is 16.6.